The first kappa shape index (κ1) is 107. The van der Waals surface area contributed by atoms with E-state index in [1.165, 1.54) is 180 Å². The number of carbonyl (C=O) groups is 3. The van der Waals surface area contributed by atoms with Crippen molar-refractivity contribution in [2.75, 3.05) is 39.6 Å². The molecule has 640 valence electrons. The standard InChI is InChI=1S/C93H162O16P2/c1-4-7-10-13-16-19-22-25-27-29-31-33-35-37-39-41-43-45-47-49-51-53-55-57-59-62-64-67-70-73-76-79-91(96)103-82-88(94)83-105-110(99,100)106-84-89(95)85-107-111(101,102)108-87-90(109-93(98)81-78-75-72-69-66-61-24-21-18-15-12-9-6-3)86-104-92(97)80-77-74-71-68-65-63-60-58-56-54-52-50-48-46-44-42-40-38-36-34-32-30-28-26-23-20-17-14-11-8-5-2/h7-8,10-11,16-17,19-20,25-28,31-34,37-40,43,45,88-90,94-95H,4-6,9,12-15,18,21-24,29-30,35-36,41-42,44,46-87H2,1-3H3,(H,99,100)(H,101,102)/b10-7-,11-8-,19-16-,20-17-,27-25-,28-26-,33-31-,34-32-,39-37-,40-38-,45-43-. The molecule has 0 bridgehead atoms. The van der Waals surface area contributed by atoms with Crippen LogP contribution in [0.5, 0.6) is 0 Å². The highest BCUT2D eigenvalue weighted by Crippen LogP contribution is 2.45. The van der Waals surface area contributed by atoms with Crippen LogP contribution in [0.15, 0.2) is 134 Å². The highest BCUT2D eigenvalue weighted by Gasteiger charge is 2.29. The van der Waals surface area contributed by atoms with Crippen molar-refractivity contribution in [3.05, 3.63) is 134 Å². The van der Waals surface area contributed by atoms with E-state index in [2.05, 4.69) is 154 Å². The minimum absolute atomic E-state index is 0.108. The van der Waals surface area contributed by atoms with Gasteiger partial charge in [-0.05, 0) is 116 Å². The minimum atomic E-state index is -4.93. The van der Waals surface area contributed by atoms with Crippen molar-refractivity contribution in [1.29, 1.82) is 0 Å². The first-order valence-corrected chi connectivity index (χ1v) is 47.5. The normalized spacial score (nSPS) is 14.5. The van der Waals surface area contributed by atoms with Crippen molar-refractivity contribution in [2.45, 2.75) is 399 Å². The van der Waals surface area contributed by atoms with Gasteiger partial charge in [-0.1, -0.05) is 379 Å². The zero-order valence-electron chi connectivity index (χ0n) is 70.4. The van der Waals surface area contributed by atoms with E-state index >= 15 is 0 Å². The second-order valence-electron chi connectivity index (χ2n) is 29.6. The van der Waals surface area contributed by atoms with Crippen LogP contribution in [0, 0.1) is 0 Å². The number of esters is 3. The maximum Gasteiger partial charge on any atom is 0.472 e. The topological polar surface area (TPSA) is 231 Å². The molecule has 18 heteroatoms. The van der Waals surface area contributed by atoms with E-state index in [-0.39, 0.29) is 19.3 Å². The number of ether oxygens (including phenoxy) is 3. The van der Waals surface area contributed by atoms with E-state index < -0.39 is 91.5 Å². The molecular weight excluding hydrogens is 1430 g/mol. The molecule has 0 aliphatic carbocycles. The number of unbranched alkanes of at least 4 members (excludes halogenated alkanes) is 39. The van der Waals surface area contributed by atoms with Crippen molar-refractivity contribution < 1.29 is 75.8 Å². The Bertz CT molecular complexity index is 2550. The largest absolute Gasteiger partial charge is 0.472 e. The first-order valence-electron chi connectivity index (χ1n) is 44.5. The molecule has 0 aliphatic heterocycles. The Kier molecular flexibility index (Phi) is 81.8. The molecule has 5 unspecified atom stereocenters. The van der Waals surface area contributed by atoms with Gasteiger partial charge < -0.3 is 34.2 Å². The molecule has 111 heavy (non-hydrogen) atoms. The lowest BCUT2D eigenvalue weighted by molar-refractivity contribution is -0.161. The number of aliphatic hydroxyl groups excluding tert-OH is 2. The Labute approximate surface area is 677 Å². The highest BCUT2D eigenvalue weighted by molar-refractivity contribution is 7.47. The SMILES string of the molecule is CC/C=C\C/C=C\C/C=C\C/C=C\C/C=C\C/C=C\CCCCCCCCCCCCCCC(=O)OCC(O)COP(=O)(O)OCC(O)COP(=O)(O)OCC(COC(=O)CCCCCCCCCCCCCCCCC/C=C\C/C=C\C/C=C\C/C=C\C/C=C\CC)OC(=O)CCCCCCCCCCCCCCC. The average molecular weight is 1600 g/mol. The predicted octanol–water partition coefficient (Wildman–Crippen LogP) is 27.0. The summed E-state index contributed by atoms with van der Waals surface area (Å²) in [7, 11) is -9.79. The van der Waals surface area contributed by atoms with Crippen LogP contribution in [0.3, 0.4) is 0 Å². The van der Waals surface area contributed by atoms with Gasteiger partial charge in [-0.2, -0.15) is 0 Å². The van der Waals surface area contributed by atoms with Gasteiger partial charge in [0.1, 0.15) is 25.4 Å². The van der Waals surface area contributed by atoms with Crippen molar-refractivity contribution in [3.8, 4) is 0 Å². The van der Waals surface area contributed by atoms with E-state index in [4.69, 9.17) is 32.3 Å². The lowest BCUT2D eigenvalue weighted by Crippen LogP contribution is -2.30. The fraction of sp³-hybridized carbons (Fsp3) is 0.731. The highest BCUT2D eigenvalue weighted by atomic mass is 31.2. The Hall–Kier alpha value is -4.31. The summed E-state index contributed by atoms with van der Waals surface area (Å²) in [6.07, 6.45) is 105. The Balaban J connectivity index is 4.43. The van der Waals surface area contributed by atoms with Gasteiger partial charge in [0, 0.05) is 19.3 Å². The average Bonchev–Trinajstić information content (AvgIpc) is 0.928. The van der Waals surface area contributed by atoms with E-state index in [0.717, 1.165) is 141 Å². The Morgan fingerprint density at radius 2 is 0.477 bits per heavy atom. The molecule has 0 aromatic carbocycles. The fourth-order valence-electron chi connectivity index (χ4n) is 12.2. The van der Waals surface area contributed by atoms with Gasteiger partial charge in [0.25, 0.3) is 0 Å². The summed E-state index contributed by atoms with van der Waals surface area (Å²) in [4.78, 5) is 58.8. The van der Waals surface area contributed by atoms with Crippen molar-refractivity contribution in [3.63, 3.8) is 0 Å². The van der Waals surface area contributed by atoms with E-state index in [1.807, 2.05) is 0 Å². The number of phosphoric ester groups is 2. The van der Waals surface area contributed by atoms with Crippen molar-refractivity contribution >= 4 is 33.6 Å². The van der Waals surface area contributed by atoms with E-state index in [0.29, 0.717) is 19.3 Å². The maximum absolute atomic E-state index is 13.0. The number of allylic oxidation sites excluding steroid dienone is 22. The van der Waals surface area contributed by atoms with Gasteiger partial charge in [-0.3, -0.25) is 32.5 Å². The minimum Gasteiger partial charge on any atom is -0.463 e. The molecule has 4 N–H and O–H groups in total. The van der Waals surface area contributed by atoms with E-state index in [9.17, 15) is 43.5 Å². The molecule has 0 rings (SSSR count). The van der Waals surface area contributed by atoms with Crippen LogP contribution < -0.4 is 0 Å². The summed E-state index contributed by atoms with van der Waals surface area (Å²) in [6.45, 7) is 2.51. The monoisotopic (exact) mass is 1600 g/mol. The van der Waals surface area contributed by atoms with Crippen molar-refractivity contribution in [2.24, 2.45) is 0 Å². The molecule has 0 heterocycles. The number of carbonyl (C=O) groups excluding carboxylic acids is 3. The fourth-order valence-corrected chi connectivity index (χ4v) is 13.8. The number of rotatable bonds is 84. The number of hydrogen-bond donors (Lipinski definition) is 4. The van der Waals surface area contributed by atoms with Gasteiger partial charge in [0.2, 0.25) is 0 Å². The second-order valence-corrected chi connectivity index (χ2v) is 32.6. The van der Waals surface area contributed by atoms with Gasteiger partial charge in [0.15, 0.2) is 6.10 Å². The zero-order chi connectivity index (χ0) is 80.8. The molecule has 0 saturated heterocycles. The van der Waals surface area contributed by atoms with Gasteiger partial charge >= 0.3 is 33.6 Å². The van der Waals surface area contributed by atoms with Crippen LogP contribution in [0.1, 0.15) is 380 Å². The van der Waals surface area contributed by atoms with Crippen LogP contribution in [0.25, 0.3) is 0 Å². The summed E-state index contributed by atoms with van der Waals surface area (Å²) in [5, 5.41) is 20.7. The smallest absolute Gasteiger partial charge is 0.463 e. The Morgan fingerprint density at radius 1 is 0.261 bits per heavy atom. The first-order chi connectivity index (χ1) is 54.2. The van der Waals surface area contributed by atoms with E-state index in [1.54, 1.807) is 0 Å². The molecule has 0 saturated carbocycles. The van der Waals surface area contributed by atoms with Crippen LogP contribution in [-0.4, -0.2) is 95.9 Å². The third-order valence-corrected chi connectivity index (χ3v) is 20.8. The summed E-state index contributed by atoms with van der Waals surface area (Å²) in [5.74, 6) is -1.56. The number of aliphatic hydroxyl groups is 2. The predicted molar refractivity (Wildman–Crippen MR) is 463 cm³/mol. The molecule has 0 spiro atoms. The third-order valence-electron chi connectivity index (χ3n) is 18.9. The zero-order valence-corrected chi connectivity index (χ0v) is 72.1. The summed E-state index contributed by atoms with van der Waals surface area (Å²) in [6, 6.07) is 0. The summed E-state index contributed by atoms with van der Waals surface area (Å²) >= 11 is 0. The van der Waals surface area contributed by atoms with Crippen LogP contribution in [0.4, 0.5) is 0 Å². The van der Waals surface area contributed by atoms with Crippen LogP contribution in [0.2, 0.25) is 0 Å². The molecule has 0 amide bonds. The summed E-state index contributed by atoms with van der Waals surface area (Å²) in [5.41, 5.74) is 0. The lowest BCUT2D eigenvalue weighted by atomic mass is 10.0. The van der Waals surface area contributed by atoms with Gasteiger partial charge in [-0.25, -0.2) is 9.13 Å². The third kappa shape index (κ3) is 86.4. The molecule has 0 aliphatic rings. The molecular formula is C93H162O16P2. The summed E-state index contributed by atoms with van der Waals surface area (Å²) < 4.78 is 61.3. The molecule has 0 aromatic heterocycles. The van der Waals surface area contributed by atoms with Crippen LogP contribution in [-0.2, 0) is 55.8 Å². The van der Waals surface area contributed by atoms with Crippen molar-refractivity contribution in [1.82, 2.24) is 0 Å². The number of phosphoric acid groups is 2. The molecule has 0 aromatic rings. The van der Waals surface area contributed by atoms with Crippen LogP contribution >= 0.6 is 15.6 Å². The second kappa shape index (κ2) is 85.1. The van der Waals surface area contributed by atoms with Gasteiger partial charge in [-0.15, -0.1) is 0 Å². The Morgan fingerprint density at radius 3 is 0.757 bits per heavy atom. The number of hydrogen-bond acceptors (Lipinski definition) is 14. The molecule has 5 atom stereocenters. The lowest BCUT2D eigenvalue weighted by Gasteiger charge is -2.21. The molecule has 0 radical (unpaired) electrons. The maximum atomic E-state index is 13.0. The van der Waals surface area contributed by atoms with Gasteiger partial charge in [0.05, 0.1) is 26.4 Å². The quantitative estimate of drug-likeness (QED) is 0.0146. The molecule has 16 nitrogen and oxygen atoms in total. The molecule has 0 fully saturated rings.